The van der Waals surface area contributed by atoms with E-state index in [4.69, 9.17) is 0 Å². The minimum atomic E-state index is -1.40. The number of rotatable bonds is 3. The molecule has 2 N–H and O–H groups in total. The molecule has 6 nitrogen and oxygen atoms in total. The minimum Gasteiger partial charge on any atom is -0.337 e. The Morgan fingerprint density at radius 2 is 1.88 bits per heavy atom. The summed E-state index contributed by atoms with van der Waals surface area (Å²) in [5, 5.41) is 7.43. The van der Waals surface area contributed by atoms with Gasteiger partial charge in [-0.2, -0.15) is 0 Å². The van der Waals surface area contributed by atoms with Gasteiger partial charge < -0.3 is 15.5 Å². The Labute approximate surface area is 153 Å². The zero-order chi connectivity index (χ0) is 18.3. The van der Waals surface area contributed by atoms with Crippen molar-refractivity contribution in [2.24, 2.45) is 0 Å². The average Bonchev–Trinajstić information content (AvgIpc) is 3.14. The maximum absolute atomic E-state index is 13.4. The highest BCUT2D eigenvalue weighted by molar-refractivity contribution is 7.12. The second-order valence-corrected chi connectivity index (χ2v) is 7.34. The van der Waals surface area contributed by atoms with Crippen LogP contribution in [0.1, 0.15) is 20.8 Å². The first-order chi connectivity index (χ1) is 12.5. The third-order valence-corrected chi connectivity index (χ3v) is 5.70. The average molecular weight is 373 g/mol. The normalized spacial score (nSPS) is 23.0. The van der Waals surface area contributed by atoms with Gasteiger partial charge in [0, 0.05) is 6.54 Å². The molecule has 4 rings (SSSR count). The summed E-state index contributed by atoms with van der Waals surface area (Å²) >= 11 is 1.36. The van der Waals surface area contributed by atoms with Gasteiger partial charge in [-0.1, -0.05) is 12.1 Å². The van der Waals surface area contributed by atoms with E-state index >= 15 is 0 Å². The van der Waals surface area contributed by atoms with Crippen molar-refractivity contribution in [3.63, 3.8) is 0 Å². The SMILES string of the molecule is O=C1CNCC(=O)C(CN2Cc3ccsc3C2=O)(c2ccc(F)cc2)N1. The molecule has 2 amide bonds. The minimum absolute atomic E-state index is 0.00508. The number of nitrogens with zero attached hydrogens (tertiary/aromatic N) is 1. The second-order valence-electron chi connectivity index (χ2n) is 6.42. The molecule has 1 saturated heterocycles. The van der Waals surface area contributed by atoms with E-state index in [-0.39, 0.29) is 37.2 Å². The van der Waals surface area contributed by atoms with Crippen molar-refractivity contribution in [2.45, 2.75) is 12.1 Å². The number of halogens is 1. The Kier molecular flexibility index (Phi) is 4.08. The number of ketones is 1. The van der Waals surface area contributed by atoms with Crippen LogP contribution in [0.3, 0.4) is 0 Å². The first-order valence-corrected chi connectivity index (χ1v) is 9.04. The molecular weight excluding hydrogens is 357 g/mol. The van der Waals surface area contributed by atoms with E-state index in [1.54, 1.807) is 4.90 Å². The Hall–Kier alpha value is -2.58. The third-order valence-electron chi connectivity index (χ3n) is 4.75. The van der Waals surface area contributed by atoms with Crippen LogP contribution in [0.4, 0.5) is 4.39 Å². The molecule has 2 aliphatic heterocycles. The van der Waals surface area contributed by atoms with Gasteiger partial charge in [-0.3, -0.25) is 14.4 Å². The lowest BCUT2D eigenvalue weighted by molar-refractivity contribution is -0.130. The molecular formula is C18H16FN3O3S. The molecule has 1 aromatic heterocycles. The van der Waals surface area contributed by atoms with E-state index in [1.165, 1.54) is 35.6 Å². The molecule has 1 fully saturated rings. The first-order valence-electron chi connectivity index (χ1n) is 8.16. The van der Waals surface area contributed by atoms with Crippen molar-refractivity contribution in [2.75, 3.05) is 19.6 Å². The molecule has 0 radical (unpaired) electrons. The molecule has 0 aliphatic carbocycles. The summed E-state index contributed by atoms with van der Waals surface area (Å²) in [6.45, 7) is 0.387. The zero-order valence-electron chi connectivity index (χ0n) is 13.8. The lowest BCUT2D eigenvalue weighted by Crippen LogP contribution is -2.58. The molecule has 0 saturated carbocycles. The topological polar surface area (TPSA) is 78.5 Å². The van der Waals surface area contributed by atoms with Crippen LogP contribution in [0.2, 0.25) is 0 Å². The smallest absolute Gasteiger partial charge is 0.264 e. The summed E-state index contributed by atoms with van der Waals surface area (Å²) in [6, 6.07) is 7.34. The van der Waals surface area contributed by atoms with Gasteiger partial charge in [-0.15, -0.1) is 11.3 Å². The molecule has 2 aliphatic rings. The number of hydrogen-bond donors (Lipinski definition) is 2. The predicted molar refractivity (Wildman–Crippen MR) is 93.2 cm³/mol. The molecule has 0 spiro atoms. The molecule has 0 bridgehead atoms. The van der Waals surface area contributed by atoms with Gasteiger partial charge in [0.15, 0.2) is 5.78 Å². The van der Waals surface area contributed by atoms with E-state index < -0.39 is 11.4 Å². The van der Waals surface area contributed by atoms with Crippen molar-refractivity contribution < 1.29 is 18.8 Å². The number of carbonyl (C=O) groups is 3. The van der Waals surface area contributed by atoms with Gasteiger partial charge in [-0.25, -0.2) is 4.39 Å². The summed E-state index contributed by atoms with van der Waals surface area (Å²) < 4.78 is 13.4. The fourth-order valence-corrected chi connectivity index (χ4v) is 4.34. The van der Waals surface area contributed by atoms with Gasteiger partial charge in [0.1, 0.15) is 11.4 Å². The van der Waals surface area contributed by atoms with E-state index in [0.717, 1.165) is 5.56 Å². The highest BCUT2D eigenvalue weighted by atomic mass is 32.1. The maximum atomic E-state index is 13.4. The van der Waals surface area contributed by atoms with Gasteiger partial charge in [0.25, 0.3) is 5.91 Å². The van der Waals surface area contributed by atoms with Crippen LogP contribution in [-0.2, 0) is 21.7 Å². The summed E-state index contributed by atoms with van der Waals surface area (Å²) in [6.07, 6.45) is 0. The number of benzene rings is 1. The molecule has 8 heteroatoms. The van der Waals surface area contributed by atoms with Gasteiger partial charge >= 0.3 is 0 Å². The van der Waals surface area contributed by atoms with Crippen LogP contribution in [0.15, 0.2) is 35.7 Å². The molecule has 26 heavy (non-hydrogen) atoms. The second kappa shape index (κ2) is 6.30. The molecule has 3 heterocycles. The summed E-state index contributed by atoms with van der Waals surface area (Å²) in [7, 11) is 0. The standard InChI is InChI=1S/C18H16FN3O3S/c19-13-3-1-12(2-4-13)18(14(23)7-20-8-15(24)21-18)10-22-9-11-5-6-26-16(11)17(22)25/h1-6,20H,7-10H2,(H,21,24). The lowest BCUT2D eigenvalue weighted by atomic mass is 9.84. The van der Waals surface area contributed by atoms with Crippen molar-refractivity contribution in [1.82, 2.24) is 15.5 Å². The molecule has 1 aromatic carbocycles. The Morgan fingerprint density at radius 1 is 1.12 bits per heavy atom. The van der Waals surface area contributed by atoms with Crippen LogP contribution in [0.5, 0.6) is 0 Å². The summed E-state index contributed by atoms with van der Waals surface area (Å²) in [4.78, 5) is 40.1. The van der Waals surface area contributed by atoms with E-state index in [0.29, 0.717) is 17.0 Å². The quantitative estimate of drug-likeness (QED) is 0.842. The molecule has 1 unspecified atom stereocenters. The largest absolute Gasteiger partial charge is 0.337 e. The third kappa shape index (κ3) is 2.71. The summed E-state index contributed by atoms with van der Waals surface area (Å²) in [5.74, 6) is -1.20. The van der Waals surface area contributed by atoms with Crippen LogP contribution in [0, 0.1) is 5.82 Å². The number of hydrogen-bond acceptors (Lipinski definition) is 5. The van der Waals surface area contributed by atoms with Crippen LogP contribution < -0.4 is 10.6 Å². The van der Waals surface area contributed by atoms with Crippen LogP contribution >= 0.6 is 11.3 Å². The number of thiophene rings is 1. The monoisotopic (exact) mass is 373 g/mol. The fourth-order valence-electron chi connectivity index (χ4n) is 3.46. The summed E-state index contributed by atoms with van der Waals surface area (Å²) in [5.41, 5.74) is -0.0262. The Morgan fingerprint density at radius 3 is 2.62 bits per heavy atom. The van der Waals surface area contributed by atoms with Crippen LogP contribution in [0.25, 0.3) is 0 Å². The lowest BCUT2D eigenvalue weighted by Gasteiger charge is -2.35. The maximum Gasteiger partial charge on any atom is 0.264 e. The van der Waals surface area contributed by atoms with Gasteiger partial charge in [-0.05, 0) is 34.7 Å². The molecule has 1 atom stereocenters. The van der Waals surface area contributed by atoms with Crippen LogP contribution in [-0.4, -0.2) is 42.1 Å². The highest BCUT2D eigenvalue weighted by Crippen LogP contribution is 2.32. The molecule has 134 valence electrons. The first kappa shape index (κ1) is 16.9. The van der Waals surface area contributed by atoms with Gasteiger partial charge in [0.05, 0.1) is 24.5 Å². The van der Waals surface area contributed by atoms with Crippen molar-refractivity contribution >= 4 is 28.9 Å². The number of amides is 2. The van der Waals surface area contributed by atoms with Crippen molar-refractivity contribution in [1.29, 1.82) is 0 Å². The number of nitrogens with one attached hydrogen (secondary N) is 2. The Bertz CT molecular complexity index is 895. The Balaban J connectivity index is 1.74. The number of Topliss-reactive ketones (excluding diaryl/α,β-unsaturated/α-hetero) is 1. The van der Waals surface area contributed by atoms with Crippen molar-refractivity contribution in [3.05, 3.63) is 57.5 Å². The number of carbonyl (C=O) groups excluding carboxylic acids is 3. The van der Waals surface area contributed by atoms with E-state index in [2.05, 4.69) is 10.6 Å². The van der Waals surface area contributed by atoms with Crippen molar-refractivity contribution in [3.8, 4) is 0 Å². The number of fused-ring (bicyclic) bond motifs is 1. The van der Waals surface area contributed by atoms with E-state index in [9.17, 15) is 18.8 Å². The van der Waals surface area contributed by atoms with E-state index in [1.807, 2.05) is 11.4 Å². The highest BCUT2D eigenvalue weighted by Gasteiger charge is 2.46. The predicted octanol–water partition coefficient (Wildman–Crippen LogP) is 1.03. The molecule has 2 aromatic rings. The fraction of sp³-hybridized carbons (Fsp3) is 0.278. The van der Waals surface area contributed by atoms with Gasteiger partial charge in [0.2, 0.25) is 5.91 Å². The zero-order valence-corrected chi connectivity index (χ0v) is 14.6.